The average molecular weight is 331 g/mol. The maximum absolute atomic E-state index is 12.6. The number of pyridine rings is 1. The van der Waals surface area contributed by atoms with Crippen molar-refractivity contribution in [2.75, 3.05) is 19.6 Å². The zero-order chi connectivity index (χ0) is 17.3. The van der Waals surface area contributed by atoms with Crippen LogP contribution in [0, 0.1) is 11.3 Å². The summed E-state index contributed by atoms with van der Waals surface area (Å²) in [6, 6.07) is 5.53. The molecule has 1 N–H and O–H groups in total. The van der Waals surface area contributed by atoms with Gasteiger partial charge in [0.1, 0.15) is 0 Å². The fourth-order valence-corrected chi connectivity index (χ4v) is 3.36. The van der Waals surface area contributed by atoms with E-state index in [9.17, 15) is 19.5 Å². The first-order valence-corrected chi connectivity index (χ1v) is 8.09. The van der Waals surface area contributed by atoms with Crippen LogP contribution in [0.25, 0.3) is 0 Å². The SMILES string of the molecule is C[C@]1(C(=O)O)CCN(C(=O)[C@H]2CC(=O)N(Cc3ccccn3)C2)C1. The summed E-state index contributed by atoms with van der Waals surface area (Å²) < 4.78 is 0. The van der Waals surface area contributed by atoms with Gasteiger partial charge in [-0.1, -0.05) is 6.07 Å². The second kappa shape index (κ2) is 6.22. The Bertz CT molecular complexity index is 663. The van der Waals surface area contributed by atoms with Crippen LogP contribution in [0.3, 0.4) is 0 Å². The number of amides is 2. The van der Waals surface area contributed by atoms with Gasteiger partial charge in [-0.05, 0) is 25.5 Å². The summed E-state index contributed by atoms with van der Waals surface area (Å²) in [6.07, 6.45) is 2.31. The van der Waals surface area contributed by atoms with E-state index in [2.05, 4.69) is 4.98 Å². The van der Waals surface area contributed by atoms with Crippen LogP contribution < -0.4 is 0 Å². The number of rotatable bonds is 4. The van der Waals surface area contributed by atoms with Crippen LogP contribution >= 0.6 is 0 Å². The average Bonchev–Trinajstić information content (AvgIpc) is 3.13. The Hall–Kier alpha value is -2.44. The van der Waals surface area contributed by atoms with Crippen molar-refractivity contribution >= 4 is 17.8 Å². The molecule has 3 heterocycles. The van der Waals surface area contributed by atoms with Crippen LogP contribution in [0.2, 0.25) is 0 Å². The molecule has 2 fully saturated rings. The number of aromatic nitrogens is 1. The Morgan fingerprint density at radius 2 is 2.21 bits per heavy atom. The minimum atomic E-state index is -0.883. The number of likely N-dealkylation sites (tertiary alicyclic amines) is 2. The summed E-state index contributed by atoms with van der Waals surface area (Å²) in [6.45, 7) is 3.08. The van der Waals surface area contributed by atoms with Crippen molar-refractivity contribution in [3.63, 3.8) is 0 Å². The van der Waals surface area contributed by atoms with E-state index in [0.717, 1.165) is 5.69 Å². The zero-order valence-corrected chi connectivity index (χ0v) is 13.6. The topological polar surface area (TPSA) is 90.8 Å². The van der Waals surface area contributed by atoms with Gasteiger partial charge < -0.3 is 14.9 Å². The number of carbonyl (C=O) groups excluding carboxylic acids is 2. The highest BCUT2D eigenvalue weighted by Gasteiger charge is 2.45. The van der Waals surface area contributed by atoms with Gasteiger partial charge in [0.05, 0.1) is 23.6 Å². The fourth-order valence-electron chi connectivity index (χ4n) is 3.36. The number of nitrogens with zero attached hydrogens (tertiary/aromatic N) is 3. The maximum Gasteiger partial charge on any atom is 0.311 e. The first-order chi connectivity index (χ1) is 11.4. The standard InChI is InChI=1S/C17H21N3O4/c1-17(16(23)24)5-7-19(11-17)15(22)12-8-14(21)20(9-12)10-13-4-2-3-6-18-13/h2-4,6,12H,5,7-11H2,1H3,(H,23,24)/t12-,17-/m0/s1. The summed E-state index contributed by atoms with van der Waals surface area (Å²) >= 11 is 0. The van der Waals surface area contributed by atoms with Crippen LogP contribution in [0.5, 0.6) is 0 Å². The van der Waals surface area contributed by atoms with Gasteiger partial charge in [0.25, 0.3) is 0 Å². The number of hydrogen-bond donors (Lipinski definition) is 1. The van der Waals surface area contributed by atoms with E-state index in [0.29, 0.717) is 26.1 Å². The highest BCUT2D eigenvalue weighted by Crippen LogP contribution is 2.32. The number of carboxylic acids is 1. The molecule has 0 radical (unpaired) electrons. The van der Waals surface area contributed by atoms with Gasteiger partial charge in [-0.3, -0.25) is 19.4 Å². The predicted octanol–water partition coefficient (Wildman–Crippen LogP) is 0.753. The van der Waals surface area contributed by atoms with Gasteiger partial charge in [-0.25, -0.2) is 0 Å². The molecule has 2 atom stereocenters. The fraction of sp³-hybridized carbons (Fsp3) is 0.529. The molecular formula is C17H21N3O4. The molecule has 0 aromatic carbocycles. The van der Waals surface area contributed by atoms with E-state index in [1.807, 2.05) is 18.2 Å². The first kappa shape index (κ1) is 16.4. The maximum atomic E-state index is 12.6. The van der Waals surface area contributed by atoms with Crippen molar-refractivity contribution in [3.05, 3.63) is 30.1 Å². The van der Waals surface area contributed by atoms with Crippen molar-refractivity contribution < 1.29 is 19.5 Å². The van der Waals surface area contributed by atoms with Gasteiger partial charge in [0.15, 0.2) is 0 Å². The van der Waals surface area contributed by atoms with Crippen LogP contribution in [-0.4, -0.2) is 57.3 Å². The van der Waals surface area contributed by atoms with Crippen molar-refractivity contribution in [1.82, 2.24) is 14.8 Å². The molecule has 2 amide bonds. The molecule has 0 aliphatic carbocycles. The molecule has 0 bridgehead atoms. The summed E-state index contributed by atoms with van der Waals surface area (Å²) in [5, 5.41) is 9.28. The minimum absolute atomic E-state index is 0.0563. The molecule has 24 heavy (non-hydrogen) atoms. The molecule has 0 unspecified atom stereocenters. The predicted molar refractivity (Wildman–Crippen MR) is 84.7 cm³/mol. The monoisotopic (exact) mass is 331 g/mol. The smallest absolute Gasteiger partial charge is 0.311 e. The number of hydrogen-bond acceptors (Lipinski definition) is 4. The molecule has 2 aliphatic heterocycles. The van der Waals surface area contributed by atoms with Crippen LogP contribution in [0.15, 0.2) is 24.4 Å². The Balaban J connectivity index is 1.61. The third kappa shape index (κ3) is 3.11. The van der Waals surface area contributed by atoms with Gasteiger partial charge >= 0.3 is 5.97 Å². The molecule has 3 rings (SSSR count). The molecule has 1 aromatic rings. The highest BCUT2D eigenvalue weighted by atomic mass is 16.4. The van der Waals surface area contributed by atoms with Crippen LogP contribution in [0.4, 0.5) is 0 Å². The highest BCUT2D eigenvalue weighted by molar-refractivity contribution is 5.90. The Morgan fingerprint density at radius 3 is 2.83 bits per heavy atom. The second-order valence-electron chi connectivity index (χ2n) is 6.87. The molecule has 7 heteroatoms. The molecule has 0 saturated carbocycles. The van der Waals surface area contributed by atoms with Crippen LogP contribution in [0.1, 0.15) is 25.5 Å². The summed E-state index contributed by atoms with van der Waals surface area (Å²) in [5.41, 5.74) is -0.0927. The third-order valence-electron chi connectivity index (χ3n) is 4.94. The lowest BCUT2D eigenvalue weighted by atomic mass is 9.90. The molecule has 0 spiro atoms. The molecule has 2 saturated heterocycles. The Kier molecular flexibility index (Phi) is 4.26. The van der Waals surface area contributed by atoms with Crippen molar-refractivity contribution in [2.24, 2.45) is 11.3 Å². The van der Waals surface area contributed by atoms with E-state index >= 15 is 0 Å². The normalized spacial score (nSPS) is 26.9. The van der Waals surface area contributed by atoms with E-state index < -0.39 is 17.3 Å². The molecule has 2 aliphatic rings. The summed E-state index contributed by atoms with van der Waals surface area (Å²) in [4.78, 5) is 43.6. The van der Waals surface area contributed by atoms with Gasteiger partial charge in [-0.2, -0.15) is 0 Å². The first-order valence-electron chi connectivity index (χ1n) is 8.09. The van der Waals surface area contributed by atoms with Gasteiger partial charge in [0, 0.05) is 32.3 Å². The lowest BCUT2D eigenvalue weighted by Gasteiger charge is -2.23. The molecule has 7 nitrogen and oxygen atoms in total. The Labute approximate surface area is 140 Å². The quantitative estimate of drug-likeness (QED) is 0.879. The van der Waals surface area contributed by atoms with E-state index in [1.54, 1.807) is 22.9 Å². The number of carboxylic acid groups (broad SMARTS) is 1. The largest absolute Gasteiger partial charge is 0.481 e. The molecule has 1 aromatic heterocycles. The third-order valence-corrected chi connectivity index (χ3v) is 4.94. The lowest BCUT2D eigenvalue weighted by molar-refractivity contribution is -0.147. The number of carbonyl (C=O) groups is 3. The zero-order valence-electron chi connectivity index (χ0n) is 13.6. The van der Waals surface area contributed by atoms with Crippen molar-refractivity contribution in [3.8, 4) is 0 Å². The van der Waals surface area contributed by atoms with Crippen LogP contribution in [-0.2, 0) is 20.9 Å². The van der Waals surface area contributed by atoms with Crippen molar-refractivity contribution in [2.45, 2.75) is 26.3 Å². The van der Waals surface area contributed by atoms with Gasteiger partial charge in [0.2, 0.25) is 11.8 Å². The minimum Gasteiger partial charge on any atom is -0.481 e. The van der Waals surface area contributed by atoms with E-state index in [1.165, 1.54) is 0 Å². The van der Waals surface area contributed by atoms with Gasteiger partial charge in [-0.15, -0.1) is 0 Å². The molecule has 128 valence electrons. The van der Waals surface area contributed by atoms with Crippen molar-refractivity contribution in [1.29, 1.82) is 0 Å². The van der Waals surface area contributed by atoms with E-state index in [4.69, 9.17) is 0 Å². The number of aliphatic carboxylic acids is 1. The Morgan fingerprint density at radius 1 is 1.42 bits per heavy atom. The summed E-state index contributed by atoms with van der Waals surface area (Å²) in [7, 11) is 0. The lowest BCUT2D eigenvalue weighted by Crippen LogP contribution is -2.38. The summed E-state index contributed by atoms with van der Waals surface area (Å²) in [5.74, 6) is -1.44. The second-order valence-corrected chi connectivity index (χ2v) is 6.87. The van der Waals surface area contributed by atoms with E-state index in [-0.39, 0.29) is 24.8 Å². The molecular weight excluding hydrogens is 310 g/mol.